The van der Waals surface area contributed by atoms with Crippen LogP contribution in [0.5, 0.6) is 0 Å². The lowest BCUT2D eigenvalue weighted by Gasteiger charge is -2.29. The van der Waals surface area contributed by atoms with Gasteiger partial charge in [-0.3, -0.25) is 4.79 Å². The Morgan fingerprint density at radius 3 is 2.84 bits per heavy atom. The Kier molecular flexibility index (Phi) is 4.83. The maximum absolute atomic E-state index is 12.4. The Balaban J connectivity index is 2.12. The highest BCUT2D eigenvalue weighted by atomic mass is 35.5. The van der Waals surface area contributed by atoms with E-state index in [2.05, 4.69) is 5.32 Å². The monoisotopic (exact) mass is 280 g/mol. The summed E-state index contributed by atoms with van der Waals surface area (Å²) in [6.07, 6.45) is 4.26. The molecule has 0 radical (unpaired) electrons. The van der Waals surface area contributed by atoms with Gasteiger partial charge >= 0.3 is 0 Å². The standard InChI is InChI=1S/C15H21ClN2O/c1-10-5-4-8-13(16)14(10)18-15(19)12-7-3-2-6-11(12)9-17/h4-5,8,11-12H,2-3,6-7,9,17H2,1H3,(H,18,19). The van der Waals surface area contributed by atoms with Crippen LogP contribution in [-0.2, 0) is 4.79 Å². The molecule has 2 atom stereocenters. The number of nitrogens with two attached hydrogens (primary N) is 1. The van der Waals surface area contributed by atoms with Crippen LogP contribution in [0.15, 0.2) is 18.2 Å². The highest BCUT2D eigenvalue weighted by Gasteiger charge is 2.30. The van der Waals surface area contributed by atoms with Crippen LogP contribution in [0.1, 0.15) is 31.2 Å². The largest absolute Gasteiger partial charge is 0.330 e. The van der Waals surface area contributed by atoms with Crippen LogP contribution in [0.2, 0.25) is 5.02 Å². The summed E-state index contributed by atoms with van der Waals surface area (Å²) in [5.41, 5.74) is 7.50. The van der Waals surface area contributed by atoms with E-state index in [1.54, 1.807) is 6.07 Å². The lowest BCUT2D eigenvalue weighted by molar-refractivity contribution is -0.122. The molecule has 0 bridgehead atoms. The molecule has 0 saturated heterocycles. The molecule has 1 aromatic carbocycles. The molecule has 4 heteroatoms. The maximum Gasteiger partial charge on any atom is 0.227 e. The molecule has 0 aromatic heterocycles. The number of rotatable bonds is 3. The summed E-state index contributed by atoms with van der Waals surface area (Å²) >= 11 is 6.14. The molecule has 0 spiro atoms. The average molecular weight is 281 g/mol. The number of amides is 1. The Morgan fingerprint density at radius 1 is 1.42 bits per heavy atom. The zero-order valence-corrected chi connectivity index (χ0v) is 12.0. The zero-order valence-electron chi connectivity index (χ0n) is 11.3. The van der Waals surface area contributed by atoms with Gasteiger partial charge in [0.25, 0.3) is 0 Å². The molecule has 0 aliphatic heterocycles. The molecule has 3 N–H and O–H groups in total. The van der Waals surface area contributed by atoms with Gasteiger partial charge in [0.1, 0.15) is 0 Å². The fourth-order valence-corrected chi connectivity index (χ4v) is 3.11. The van der Waals surface area contributed by atoms with E-state index in [1.165, 1.54) is 6.42 Å². The smallest absolute Gasteiger partial charge is 0.227 e. The first-order valence-electron chi connectivity index (χ1n) is 6.89. The third kappa shape index (κ3) is 3.28. The summed E-state index contributed by atoms with van der Waals surface area (Å²) in [6, 6.07) is 5.63. The third-order valence-corrected chi connectivity index (χ3v) is 4.33. The van der Waals surface area contributed by atoms with Crippen LogP contribution in [0.25, 0.3) is 0 Å². The molecule has 2 rings (SSSR count). The van der Waals surface area contributed by atoms with E-state index in [4.69, 9.17) is 17.3 Å². The Labute approximate surface area is 119 Å². The first kappa shape index (κ1) is 14.4. The number of hydrogen-bond donors (Lipinski definition) is 2. The predicted octanol–water partition coefficient (Wildman–Crippen LogP) is 3.35. The summed E-state index contributed by atoms with van der Waals surface area (Å²) in [4.78, 5) is 12.4. The van der Waals surface area contributed by atoms with E-state index in [0.717, 1.165) is 30.5 Å². The van der Waals surface area contributed by atoms with Crippen molar-refractivity contribution >= 4 is 23.2 Å². The van der Waals surface area contributed by atoms with E-state index in [1.807, 2.05) is 19.1 Å². The van der Waals surface area contributed by atoms with E-state index < -0.39 is 0 Å². The first-order valence-corrected chi connectivity index (χ1v) is 7.27. The van der Waals surface area contributed by atoms with Crippen LogP contribution in [0.3, 0.4) is 0 Å². The molecule has 1 aliphatic rings. The number of para-hydroxylation sites is 1. The van der Waals surface area contributed by atoms with Crippen molar-refractivity contribution < 1.29 is 4.79 Å². The van der Waals surface area contributed by atoms with E-state index in [9.17, 15) is 4.79 Å². The zero-order chi connectivity index (χ0) is 13.8. The van der Waals surface area contributed by atoms with Gasteiger partial charge < -0.3 is 11.1 Å². The minimum absolute atomic E-state index is 0.0226. The number of anilines is 1. The van der Waals surface area contributed by atoms with Crippen LogP contribution < -0.4 is 11.1 Å². The second-order valence-corrected chi connectivity index (χ2v) is 5.71. The number of carbonyl (C=O) groups is 1. The Morgan fingerprint density at radius 2 is 2.16 bits per heavy atom. The number of halogens is 1. The van der Waals surface area contributed by atoms with Gasteiger partial charge in [0.15, 0.2) is 0 Å². The quantitative estimate of drug-likeness (QED) is 0.892. The van der Waals surface area contributed by atoms with Gasteiger partial charge in [-0.2, -0.15) is 0 Å². The van der Waals surface area contributed by atoms with Crippen LogP contribution in [0, 0.1) is 18.8 Å². The van der Waals surface area contributed by atoms with Gasteiger partial charge in [-0.1, -0.05) is 36.6 Å². The average Bonchev–Trinajstić information content (AvgIpc) is 2.42. The van der Waals surface area contributed by atoms with Crippen molar-refractivity contribution in [1.29, 1.82) is 0 Å². The van der Waals surface area contributed by atoms with Crippen molar-refractivity contribution in [3.63, 3.8) is 0 Å². The summed E-state index contributed by atoms with van der Waals surface area (Å²) < 4.78 is 0. The predicted molar refractivity (Wildman–Crippen MR) is 79.3 cm³/mol. The molecule has 3 nitrogen and oxygen atoms in total. The summed E-state index contributed by atoms with van der Waals surface area (Å²) in [7, 11) is 0. The van der Waals surface area contributed by atoms with Gasteiger partial charge in [0.2, 0.25) is 5.91 Å². The number of carbonyl (C=O) groups excluding carboxylic acids is 1. The Hall–Kier alpha value is -1.06. The van der Waals surface area contributed by atoms with E-state index >= 15 is 0 Å². The van der Waals surface area contributed by atoms with E-state index in [0.29, 0.717) is 17.5 Å². The molecule has 1 fully saturated rings. The van der Waals surface area contributed by atoms with E-state index in [-0.39, 0.29) is 11.8 Å². The topological polar surface area (TPSA) is 55.1 Å². The van der Waals surface area contributed by atoms with Gasteiger partial charge in [-0.05, 0) is 43.9 Å². The molecule has 1 aromatic rings. The lowest BCUT2D eigenvalue weighted by atomic mass is 9.78. The van der Waals surface area contributed by atoms with Crippen molar-refractivity contribution in [2.24, 2.45) is 17.6 Å². The highest BCUT2D eigenvalue weighted by molar-refractivity contribution is 6.33. The van der Waals surface area contributed by atoms with Crippen molar-refractivity contribution in [3.8, 4) is 0 Å². The fourth-order valence-electron chi connectivity index (χ4n) is 2.84. The normalized spacial score (nSPS) is 23.1. The minimum Gasteiger partial charge on any atom is -0.330 e. The van der Waals surface area contributed by atoms with Crippen molar-refractivity contribution in [2.75, 3.05) is 11.9 Å². The maximum atomic E-state index is 12.4. The molecule has 1 aliphatic carbocycles. The minimum atomic E-state index is 0.0226. The van der Waals surface area contributed by atoms with Crippen LogP contribution in [-0.4, -0.2) is 12.5 Å². The summed E-state index contributed by atoms with van der Waals surface area (Å²) in [5.74, 6) is 0.386. The number of hydrogen-bond acceptors (Lipinski definition) is 2. The van der Waals surface area contributed by atoms with Crippen LogP contribution in [0.4, 0.5) is 5.69 Å². The van der Waals surface area contributed by atoms with Gasteiger partial charge in [-0.15, -0.1) is 0 Å². The highest BCUT2D eigenvalue weighted by Crippen LogP contribution is 2.32. The number of benzene rings is 1. The molecule has 2 unspecified atom stereocenters. The number of aryl methyl sites for hydroxylation is 1. The SMILES string of the molecule is Cc1cccc(Cl)c1NC(=O)C1CCCCC1CN. The Bertz CT molecular complexity index is 441. The molecular weight excluding hydrogens is 260 g/mol. The second-order valence-electron chi connectivity index (χ2n) is 5.31. The van der Waals surface area contributed by atoms with Crippen molar-refractivity contribution in [2.45, 2.75) is 32.6 Å². The van der Waals surface area contributed by atoms with Gasteiger partial charge in [0.05, 0.1) is 10.7 Å². The molecule has 1 saturated carbocycles. The number of nitrogens with one attached hydrogen (secondary N) is 1. The summed E-state index contributed by atoms with van der Waals surface area (Å²) in [6.45, 7) is 2.53. The molecular formula is C15H21ClN2O. The van der Waals surface area contributed by atoms with Crippen LogP contribution >= 0.6 is 11.6 Å². The van der Waals surface area contributed by atoms with Gasteiger partial charge in [0, 0.05) is 5.92 Å². The summed E-state index contributed by atoms with van der Waals surface area (Å²) in [5, 5.41) is 3.58. The van der Waals surface area contributed by atoms with Crippen molar-refractivity contribution in [3.05, 3.63) is 28.8 Å². The first-order chi connectivity index (χ1) is 9.13. The van der Waals surface area contributed by atoms with Gasteiger partial charge in [-0.25, -0.2) is 0 Å². The second kappa shape index (κ2) is 6.40. The fraction of sp³-hybridized carbons (Fsp3) is 0.533. The lowest BCUT2D eigenvalue weighted by Crippen LogP contribution is -2.35. The molecule has 104 valence electrons. The molecule has 19 heavy (non-hydrogen) atoms. The van der Waals surface area contributed by atoms with Crippen molar-refractivity contribution in [1.82, 2.24) is 0 Å². The molecule has 1 amide bonds. The molecule has 0 heterocycles. The third-order valence-electron chi connectivity index (χ3n) is 4.02.